The molecule has 0 aliphatic carbocycles. The molecule has 0 bridgehead atoms. The third-order valence-corrected chi connectivity index (χ3v) is 5.14. The second-order valence-electron chi connectivity index (χ2n) is 8.86. The maximum absolute atomic E-state index is 12.2. The van der Waals surface area contributed by atoms with Crippen LogP contribution in [0.3, 0.4) is 0 Å². The van der Waals surface area contributed by atoms with Gasteiger partial charge in [-0.3, -0.25) is 0 Å². The van der Waals surface area contributed by atoms with E-state index in [0.29, 0.717) is 26.2 Å². The van der Waals surface area contributed by atoms with E-state index in [1.807, 2.05) is 87.5 Å². The summed E-state index contributed by atoms with van der Waals surface area (Å²) in [5.74, 6) is 1.59. The van der Waals surface area contributed by atoms with Crippen LogP contribution in [0.2, 0.25) is 0 Å². The highest BCUT2D eigenvalue weighted by Gasteiger charge is 2.33. The van der Waals surface area contributed by atoms with Gasteiger partial charge in [0.25, 0.3) is 0 Å². The summed E-state index contributed by atoms with van der Waals surface area (Å²) < 4.78 is 16.8. The predicted octanol–water partition coefficient (Wildman–Crippen LogP) is 4.79. The molecule has 172 valence electrons. The molecule has 0 radical (unpaired) electrons. The molecule has 0 spiro atoms. The molecule has 1 aliphatic rings. The van der Waals surface area contributed by atoms with Gasteiger partial charge in [-0.2, -0.15) is 0 Å². The zero-order chi connectivity index (χ0) is 23.0. The van der Waals surface area contributed by atoms with E-state index in [2.05, 4.69) is 0 Å². The van der Waals surface area contributed by atoms with E-state index in [1.54, 1.807) is 4.90 Å². The summed E-state index contributed by atoms with van der Waals surface area (Å²) in [7, 11) is 0. The molecule has 3 rings (SSSR count). The van der Waals surface area contributed by atoms with Crippen molar-refractivity contribution in [3.63, 3.8) is 0 Å². The zero-order valence-corrected chi connectivity index (χ0v) is 19.1. The summed E-state index contributed by atoms with van der Waals surface area (Å²) >= 11 is 0. The first-order valence-electron chi connectivity index (χ1n) is 11.0. The molecule has 2 aromatic rings. The summed E-state index contributed by atoms with van der Waals surface area (Å²) in [5.41, 5.74) is 0.499. The monoisotopic (exact) mass is 439 g/mol. The van der Waals surface area contributed by atoms with Gasteiger partial charge in [-0.1, -0.05) is 30.3 Å². The highest BCUT2D eigenvalue weighted by molar-refractivity contribution is 5.68. The quantitative estimate of drug-likeness (QED) is 0.629. The van der Waals surface area contributed by atoms with E-state index in [4.69, 9.17) is 14.2 Å². The minimum absolute atomic E-state index is 0.0160. The number of likely N-dealkylation sites (tertiary alicyclic amines) is 1. The fourth-order valence-corrected chi connectivity index (χ4v) is 3.57. The van der Waals surface area contributed by atoms with Crippen LogP contribution in [0, 0.1) is 0 Å². The number of β-amino-alcohol motifs (C(OH)–C–C–N with tert-alkyl or cyclic N) is 1. The van der Waals surface area contributed by atoms with Crippen molar-refractivity contribution in [1.29, 1.82) is 0 Å². The Kier molecular flexibility index (Phi) is 8.17. The summed E-state index contributed by atoms with van der Waals surface area (Å²) in [4.78, 5) is 13.8. The molecule has 1 heterocycles. The molecule has 2 unspecified atom stereocenters. The highest BCUT2D eigenvalue weighted by atomic mass is 16.6. The van der Waals surface area contributed by atoms with E-state index in [0.717, 1.165) is 17.1 Å². The minimum Gasteiger partial charge on any atom is -0.490 e. The number of rotatable bonds is 7. The van der Waals surface area contributed by atoms with Gasteiger partial charge in [-0.25, -0.2) is 4.79 Å². The molecule has 6 heteroatoms. The van der Waals surface area contributed by atoms with Crippen molar-refractivity contribution in [2.75, 3.05) is 26.3 Å². The number of carbonyl (C=O) groups excluding carboxylic acids is 1. The predicted molar refractivity (Wildman–Crippen MR) is 124 cm³/mol. The summed E-state index contributed by atoms with van der Waals surface area (Å²) in [6, 6.07) is 17.5. The summed E-state index contributed by atoms with van der Waals surface area (Å²) in [5, 5.41) is 10.6. The summed E-state index contributed by atoms with van der Waals surface area (Å²) in [6.07, 6.45) is 3.53. The van der Waals surface area contributed by atoms with Crippen molar-refractivity contribution in [1.82, 2.24) is 4.90 Å². The Hall–Kier alpha value is -2.99. The van der Waals surface area contributed by atoms with E-state index >= 15 is 0 Å². The van der Waals surface area contributed by atoms with Crippen LogP contribution in [-0.4, -0.2) is 54.1 Å². The largest absolute Gasteiger partial charge is 0.490 e. The van der Waals surface area contributed by atoms with Crippen molar-refractivity contribution in [3.05, 3.63) is 72.3 Å². The maximum atomic E-state index is 12.2. The molecule has 2 atom stereocenters. The Morgan fingerprint density at radius 1 is 1.00 bits per heavy atom. The number of aliphatic hydroxyl groups excluding tert-OH is 1. The SMILES string of the molecule is CC(C)(C)OC(=O)N1CCC(c2ccc(OC/C=C/COc3ccccc3)cc2)C(O)C1. The van der Waals surface area contributed by atoms with Crippen LogP contribution >= 0.6 is 0 Å². The topological polar surface area (TPSA) is 68.2 Å². The Morgan fingerprint density at radius 2 is 1.59 bits per heavy atom. The van der Waals surface area contributed by atoms with Crippen LogP contribution in [0.4, 0.5) is 4.79 Å². The summed E-state index contributed by atoms with van der Waals surface area (Å²) in [6.45, 7) is 7.29. The van der Waals surface area contributed by atoms with Gasteiger partial charge in [-0.15, -0.1) is 0 Å². The first-order chi connectivity index (χ1) is 15.3. The van der Waals surface area contributed by atoms with Gasteiger partial charge >= 0.3 is 6.09 Å². The minimum atomic E-state index is -0.629. The standard InChI is InChI=1S/C26H33NO5/c1-26(2,3)32-25(29)27-16-15-23(24(28)19-27)20-11-13-22(14-12-20)31-18-8-7-17-30-21-9-5-4-6-10-21/h4-14,23-24,28H,15-19H2,1-3H3/b8-7+. The molecule has 6 nitrogen and oxygen atoms in total. The zero-order valence-electron chi connectivity index (χ0n) is 19.1. The van der Waals surface area contributed by atoms with Gasteiger partial charge in [0.1, 0.15) is 30.3 Å². The number of amides is 1. The van der Waals surface area contributed by atoms with Gasteiger partial charge in [0.15, 0.2) is 0 Å². The molecule has 1 saturated heterocycles. The first-order valence-corrected chi connectivity index (χ1v) is 11.0. The van der Waals surface area contributed by atoms with Crippen molar-refractivity contribution in [3.8, 4) is 11.5 Å². The van der Waals surface area contributed by atoms with Gasteiger partial charge in [-0.05, 0) is 69.2 Å². The van der Waals surface area contributed by atoms with Crippen LogP contribution in [0.15, 0.2) is 66.7 Å². The number of benzene rings is 2. The lowest BCUT2D eigenvalue weighted by Crippen LogP contribution is -2.47. The van der Waals surface area contributed by atoms with Crippen LogP contribution < -0.4 is 9.47 Å². The highest BCUT2D eigenvalue weighted by Crippen LogP contribution is 2.30. The van der Waals surface area contributed by atoms with Crippen LogP contribution in [0.25, 0.3) is 0 Å². The smallest absolute Gasteiger partial charge is 0.410 e. The molecule has 32 heavy (non-hydrogen) atoms. The van der Waals surface area contributed by atoms with E-state index in [9.17, 15) is 9.90 Å². The van der Waals surface area contributed by atoms with E-state index < -0.39 is 11.7 Å². The van der Waals surface area contributed by atoms with Crippen molar-refractivity contribution < 1.29 is 24.1 Å². The molecular weight excluding hydrogens is 406 g/mol. The number of hydrogen-bond acceptors (Lipinski definition) is 5. The molecule has 1 aliphatic heterocycles. The Morgan fingerprint density at radius 3 is 2.16 bits per heavy atom. The van der Waals surface area contributed by atoms with E-state index in [-0.39, 0.29) is 18.6 Å². The van der Waals surface area contributed by atoms with Crippen LogP contribution in [-0.2, 0) is 4.74 Å². The number of ether oxygens (including phenoxy) is 3. The third kappa shape index (κ3) is 7.31. The fraction of sp³-hybridized carbons (Fsp3) is 0.423. The Balaban J connectivity index is 1.42. The van der Waals surface area contributed by atoms with Crippen LogP contribution in [0.5, 0.6) is 11.5 Å². The van der Waals surface area contributed by atoms with Gasteiger partial charge < -0.3 is 24.2 Å². The van der Waals surface area contributed by atoms with Gasteiger partial charge in [0.05, 0.1) is 12.6 Å². The van der Waals surface area contributed by atoms with Gasteiger partial charge in [0, 0.05) is 12.5 Å². The molecule has 1 fully saturated rings. The Bertz CT molecular complexity index is 873. The lowest BCUT2D eigenvalue weighted by atomic mass is 9.87. The number of para-hydroxylation sites is 1. The number of carbonyl (C=O) groups is 1. The van der Waals surface area contributed by atoms with Crippen molar-refractivity contribution in [2.24, 2.45) is 0 Å². The average Bonchev–Trinajstić information content (AvgIpc) is 2.76. The fourth-order valence-electron chi connectivity index (χ4n) is 3.57. The molecule has 2 aromatic carbocycles. The lowest BCUT2D eigenvalue weighted by Gasteiger charge is -2.36. The molecule has 0 aromatic heterocycles. The number of hydrogen-bond donors (Lipinski definition) is 1. The molecule has 1 amide bonds. The van der Waals surface area contributed by atoms with Crippen molar-refractivity contribution in [2.45, 2.75) is 44.8 Å². The maximum Gasteiger partial charge on any atom is 0.410 e. The van der Waals surface area contributed by atoms with Crippen molar-refractivity contribution >= 4 is 6.09 Å². The number of nitrogens with zero attached hydrogens (tertiary/aromatic N) is 1. The molecular formula is C26H33NO5. The van der Waals surface area contributed by atoms with Crippen LogP contribution in [0.1, 0.15) is 38.7 Å². The second-order valence-corrected chi connectivity index (χ2v) is 8.86. The number of piperidine rings is 1. The van der Waals surface area contributed by atoms with Gasteiger partial charge in [0.2, 0.25) is 0 Å². The molecule has 0 saturated carbocycles. The second kappa shape index (κ2) is 11.0. The number of aliphatic hydroxyl groups is 1. The third-order valence-electron chi connectivity index (χ3n) is 5.14. The molecule has 1 N–H and O–H groups in total. The normalized spacial score (nSPS) is 19.1. The lowest BCUT2D eigenvalue weighted by molar-refractivity contribution is -0.00152. The van der Waals surface area contributed by atoms with E-state index in [1.165, 1.54) is 0 Å². The first kappa shape index (κ1) is 23.7. The average molecular weight is 440 g/mol. The Labute approximate surface area is 190 Å².